The molecule has 34 heavy (non-hydrogen) atoms. The first-order valence-corrected chi connectivity index (χ1v) is 11.0. The summed E-state index contributed by atoms with van der Waals surface area (Å²) >= 11 is 0. The fourth-order valence-corrected chi connectivity index (χ4v) is 4.54. The van der Waals surface area contributed by atoms with E-state index in [1.165, 1.54) is 25.1 Å². The summed E-state index contributed by atoms with van der Waals surface area (Å²) in [5.74, 6) is -0.316. The second-order valence-corrected chi connectivity index (χ2v) is 8.56. The zero-order valence-corrected chi connectivity index (χ0v) is 20.1. The average Bonchev–Trinajstić information content (AvgIpc) is 3.03. The van der Waals surface area contributed by atoms with E-state index < -0.39 is 29.4 Å². The highest BCUT2D eigenvalue weighted by atomic mass is 35.5. The molecule has 2 aromatic carbocycles. The molecule has 0 radical (unpaired) electrons. The number of para-hydroxylation sites is 2. The molecule has 2 N–H and O–H groups in total. The molecule has 2 heterocycles. The van der Waals surface area contributed by atoms with Crippen molar-refractivity contribution in [3.05, 3.63) is 59.9 Å². The quantitative estimate of drug-likeness (QED) is 0.576. The van der Waals surface area contributed by atoms with Crippen LogP contribution >= 0.6 is 12.4 Å². The third-order valence-corrected chi connectivity index (χ3v) is 6.35. The zero-order chi connectivity index (χ0) is 23.6. The number of hydrogen-bond acceptors (Lipinski definition) is 6. The largest absolute Gasteiger partial charge is 0.495 e. The molecule has 2 saturated heterocycles. The molecule has 0 bridgehead atoms. The van der Waals surface area contributed by atoms with Crippen molar-refractivity contribution in [3.63, 3.8) is 0 Å². The van der Waals surface area contributed by atoms with Gasteiger partial charge in [0, 0.05) is 38.3 Å². The van der Waals surface area contributed by atoms with Crippen LogP contribution in [0.25, 0.3) is 0 Å². The van der Waals surface area contributed by atoms with Crippen molar-refractivity contribution in [1.82, 2.24) is 15.1 Å². The lowest BCUT2D eigenvalue weighted by atomic mass is 9.91. The zero-order valence-electron chi connectivity index (χ0n) is 19.2. The molecule has 2 aliphatic rings. The lowest BCUT2D eigenvalue weighted by molar-refractivity contribution is -0.132. The predicted octanol–water partition coefficient (Wildman–Crippen LogP) is 2.21. The van der Waals surface area contributed by atoms with Crippen LogP contribution in [0.1, 0.15) is 12.5 Å². The monoisotopic (exact) mass is 492 g/mol. The summed E-state index contributed by atoms with van der Waals surface area (Å²) in [6.07, 6.45) is -0.916. The summed E-state index contributed by atoms with van der Waals surface area (Å²) in [6, 6.07) is 13.1. The van der Waals surface area contributed by atoms with E-state index in [2.05, 4.69) is 15.1 Å². The molecule has 2 unspecified atom stereocenters. The third kappa shape index (κ3) is 4.96. The van der Waals surface area contributed by atoms with Gasteiger partial charge in [0.1, 0.15) is 17.1 Å². The minimum absolute atomic E-state index is 0. The van der Waals surface area contributed by atoms with Gasteiger partial charge < -0.3 is 20.1 Å². The van der Waals surface area contributed by atoms with Gasteiger partial charge >= 0.3 is 6.03 Å². The molecular weight excluding hydrogens is 463 g/mol. The molecule has 0 spiro atoms. The average molecular weight is 493 g/mol. The van der Waals surface area contributed by atoms with Crippen LogP contribution in [0.4, 0.5) is 14.9 Å². The number of amides is 3. The molecule has 0 saturated carbocycles. The number of carbonyl (C=O) groups excluding carboxylic acids is 2. The molecule has 0 aliphatic carbocycles. The van der Waals surface area contributed by atoms with Gasteiger partial charge in [-0.3, -0.25) is 14.6 Å². The molecule has 10 heteroatoms. The topological polar surface area (TPSA) is 85.3 Å². The van der Waals surface area contributed by atoms with Crippen LogP contribution in [0.3, 0.4) is 0 Å². The minimum Gasteiger partial charge on any atom is -0.495 e. The Kier molecular flexibility index (Phi) is 8.01. The number of anilines is 1. The lowest BCUT2D eigenvalue weighted by Crippen LogP contribution is -2.50. The molecule has 2 fully saturated rings. The Labute approximate surface area is 204 Å². The van der Waals surface area contributed by atoms with Gasteiger partial charge in [0.05, 0.1) is 25.4 Å². The fourth-order valence-electron chi connectivity index (χ4n) is 4.54. The maximum atomic E-state index is 14.3. The van der Waals surface area contributed by atoms with Gasteiger partial charge in [-0.2, -0.15) is 0 Å². The highest BCUT2D eigenvalue weighted by Gasteiger charge is 2.50. The van der Waals surface area contributed by atoms with E-state index in [-0.39, 0.29) is 24.5 Å². The normalized spacial score (nSPS) is 21.8. The van der Waals surface area contributed by atoms with E-state index in [1.807, 2.05) is 24.3 Å². The number of urea groups is 1. The van der Waals surface area contributed by atoms with Crippen molar-refractivity contribution in [2.45, 2.75) is 18.6 Å². The Morgan fingerprint density at radius 3 is 2.38 bits per heavy atom. The van der Waals surface area contributed by atoms with Crippen LogP contribution < -0.4 is 15.0 Å². The van der Waals surface area contributed by atoms with Crippen molar-refractivity contribution in [2.24, 2.45) is 0 Å². The highest BCUT2D eigenvalue weighted by Crippen LogP contribution is 2.31. The second-order valence-electron chi connectivity index (χ2n) is 8.56. The summed E-state index contributed by atoms with van der Waals surface area (Å²) in [6.45, 7) is 4.64. The molecular formula is C24H30ClFN4O4. The van der Waals surface area contributed by atoms with Crippen LogP contribution in [0.5, 0.6) is 5.75 Å². The van der Waals surface area contributed by atoms with E-state index >= 15 is 0 Å². The van der Waals surface area contributed by atoms with E-state index in [0.29, 0.717) is 6.54 Å². The second kappa shape index (κ2) is 10.6. The minimum atomic E-state index is -1.50. The first-order valence-electron chi connectivity index (χ1n) is 11.0. The molecule has 184 valence electrons. The van der Waals surface area contributed by atoms with Crippen molar-refractivity contribution in [2.75, 3.05) is 51.3 Å². The number of ether oxygens (including phenoxy) is 1. The van der Waals surface area contributed by atoms with Crippen molar-refractivity contribution in [1.29, 1.82) is 0 Å². The Bertz CT molecular complexity index is 1030. The summed E-state index contributed by atoms with van der Waals surface area (Å²) in [4.78, 5) is 30.8. The number of imide groups is 1. The molecule has 3 amide bonds. The van der Waals surface area contributed by atoms with Gasteiger partial charge in [0.15, 0.2) is 0 Å². The van der Waals surface area contributed by atoms with E-state index in [4.69, 9.17) is 4.74 Å². The number of benzene rings is 2. The first-order chi connectivity index (χ1) is 15.8. The number of β-amino-alcohol motifs (C(OH)–C–C–N with tert-alkyl or cyclic N) is 1. The molecule has 2 aromatic rings. The van der Waals surface area contributed by atoms with Gasteiger partial charge in [0.25, 0.3) is 5.91 Å². The number of halogens is 2. The summed E-state index contributed by atoms with van der Waals surface area (Å²) in [5.41, 5.74) is -0.359. The number of rotatable bonds is 7. The highest BCUT2D eigenvalue weighted by molar-refractivity contribution is 6.07. The maximum Gasteiger partial charge on any atom is 0.325 e. The lowest BCUT2D eigenvalue weighted by Gasteiger charge is -2.37. The van der Waals surface area contributed by atoms with E-state index in [0.717, 1.165) is 42.5 Å². The van der Waals surface area contributed by atoms with Crippen LogP contribution in [-0.2, 0) is 10.3 Å². The van der Waals surface area contributed by atoms with Crippen molar-refractivity contribution in [3.8, 4) is 5.75 Å². The Morgan fingerprint density at radius 2 is 1.71 bits per heavy atom. The Hall–Kier alpha value is -2.88. The van der Waals surface area contributed by atoms with Gasteiger partial charge in [0.2, 0.25) is 0 Å². The SMILES string of the molecule is COc1ccccc1N1CCN(CC(O)CN2C(=O)NC(C)(c3ccccc3F)C2=O)CC1.Cl. The number of methoxy groups -OCH3 is 1. The Balaban J connectivity index is 0.00000324. The summed E-state index contributed by atoms with van der Waals surface area (Å²) < 4.78 is 19.7. The first kappa shape index (κ1) is 25.7. The molecule has 2 atom stereocenters. The molecule has 8 nitrogen and oxygen atoms in total. The summed E-state index contributed by atoms with van der Waals surface area (Å²) in [7, 11) is 1.65. The standard InChI is InChI=1S/C24H29FN4O4.ClH/c1-24(18-7-3-4-8-19(18)25)22(31)29(23(32)26-24)16-17(30)15-27-11-13-28(14-12-27)20-9-5-6-10-21(20)33-2;/h3-10,17,30H,11-16H2,1-2H3,(H,26,32);1H. The number of carbonyl (C=O) groups is 2. The van der Waals surface area contributed by atoms with Crippen LogP contribution in [0.2, 0.25) is 0 Å². The van der Waals surface area contributed by atoms with Crippen molar-refractivity contribution < 1.29 is 23.8 Å². The smallest absolute Gasteiger partial charge is 0.325 e. The van der Waals surface area contributed by atoms with E-state index in [9.17, 15) is 19.1 Å². The Morgan fingerprint density at radius 1 is 1.06 bits per heavy atom. The van der Waals surface area contributed by atoms with Crippen LogP contribution in [0, 0.1) is 5.82 Å². The van der Waals surface area contributed by atoms with Gasteiger partial charge in [-0.25, -0.2) is 9.18 Å². The number of hydrogen-bond donors (Lipinski definition) is 2. The number of aliphatic hydroxyl groups is 1. The fraction of sp³-hybridized carbons (Fsp3) is 0.417. The van der Waals surface area contributed by atoms with Crippen LogP contribution in [0.15, 0.2) is 48.5 Å². The number of aliphatic hydroxyl groups excluding tert-OH is 1. The van der Waals surface area contributed by atoms with E-state index in [1.54, 1.807) is 13.2 Å². The van der Waals surface area contributed by atoms with Crippen molar-refractivity contribution >= 4 is 30.0 Å². The number of nitrogens with zero attached hydrogens (tertiary/aromatic N) is 3. The molecule has 0 aromatic heterocycles. The van der Waals surface area contributed by atoms with Crippen LogP contribution in [-0.4, -0.2) is 79.3 Å². The molecule has 4 rings (SSSR count). The van der Waals surface area contributed by atoms with Gasteiger partial charge in [-0.15, -0.1) is 12.4 Å². The van der Waals surface area contributed by atoms with Gasteiger partial charge in [-0.1, -0.05) is 30.3 Å². The number of piperazine rings is 1. The molecule has 2 aliphatic heterocycles. The summed E-state index contributed by atoms with van der Waals surface area (Å²) in [5, 5.41) is 13.2. The number of nitrogens with one attached hydrogen (secondary N) is 1. The van der Waals surface area contributed by atoms with Gasteiger partial charge in [-0.05, 0) is 25.1 Å². The third-order valence-electron chi connectivity index (χ3n) is 6.35. The maximum absolute atomic E-state index is 14.3. The predicted molar refractivity (Wildman–Crippen MR) is 129 cm³/mol.